The van der Waals surface area contributed by atoms with Crippen molar-refractivity contribution in [3.63, 3.8) is 0 Å². The molecule has 0 saturated heterocycles. The Morgan fingerprint density at radius 2 is 2.00 bits per heavy atom. The topological polar surface area (TPSA) is 67.8 Å². The highest BCUT2D eigenvalue weighted by atomic mass is 32.1. The van der Waals surface area contributed by atoms with Crippen molar-refractivity contribution in [2.75, 3.05) is 5.32 Å². The molecule has 1 aromatic carbocycles. The molecule has 0 aliphatic heterocycles. The van der Waals surface area contributed by atoms with E-state index in [0.717, 1.165) is 22.9 Å². The van der Waals surface area contributed by atoms with Crippen molar-refractivity contribution in [2.24, 2.45) is 0 Å². The highest BCUT2D eigenvalue weighted by molar-refractivity contribution is 7.15. The first kappa shape index (κ1) is 14.8. The van der Waals surface area contributed by atoms with Gasteiger partial charge in [0.05, 0.1) is 5.01 Å². The number of aromatic nitrogens is 3. The van der Waals surface area contributed by atoms with Crippen LogP contribution in [-0.2, 0) is 12.8 Å². The van der Waals surface area contributed by atoms with Crippen LogP contribution < -0.4 is 5.32 Å². The number of carbonyl (C=O) groups is 1. The van der Waals surface area contributed by atoms with Crippen LogP contribution in [0.15, 0.2) is 35.7 Å². The number of benzene rings is 1. The molecule has 0 spiro atoms. The van der Waals surface area contributed by atoms with E-state index < -0.39 is 0 Å². The number of hydrogen-bond donors (Lipinski definition) is 1. The summed E-state index contributed by atoms with van der Waals surface area (Å²) in [7, 11) is 0. The summed E-state index contributed by atoms with van der Waals surface area (Å²) in [5.41, 5.74) is 1.60. The molecule has 2 aromatic heterocycles. The minimum Gasteiger partial charge on any atom is -0.295 e. The summed E-state index contributed by atoms with van der Waals surface area (Å²) in [5.74, 6) is -0.241. The van der Waals surface area contributed by atoms with Crippen molar-refractivity contribution < 1.29 is 4.79 Å². The average Bonchev–Trinajstić information content (AvgIpc) is 3.17. The number of aryl methyl sites for hydroxylation is 1. The summed E-state index contributed by atoms with van der Waals surface area (Å²) in [6, 6.07) is 10.1. The first-order valence-electron chi connectivity index (χ1n) is 6.86. The minimum absolute atomic E-state index is 0.241. The third kappa shape index (κ3) is 3.55. The molecule has 5 nitrogen and oxygen atoms in total. The molecule has 0 radical (unpaired) electrons. The summed E-state index contributed by atoms with van der Waals surface area (Å²) in [6.07, 6.45) is 1.54. The van der Waals surface area contributed by atoms with E-state index in [1.165, 1.54) is 28.2 Å². The Kier molecular flexibility index (Phi) is 4.55. The van der Waals surface area contributed by atoms with Crippen LogP contribution in [0.5, 0.6) is 0 Å². The fraction of sp³-hybridized carbons (Fsp3) is 0.200. The Morgan fingerprint density at radius 1 is 1.18 bits per heavy atom. The lowest BCUT2D eigenvalue weighted by atomic mass is 10.2. The van der Waals surface area contributed by atoms with Gasteiger partial charge in [0.1, 0.15) is 10.7 Å². The SMILES string of the molecule is CCc1nnc(NC(=O)c2csc(Cc3ccccc3)n2)s1. The fourth-order valence-electron chi connectivity index (χ4n) is 1.88. The molecule has 0 atom stereocenters. The van der Waals surface area contributed by atoms with Crippen LogP contribution in [0.4, 0.5) is 5.13 Å². The molecular weight excluding hydrogens is 316 g/mol. The van der Waals surface area contributed by atoms with E-state index in [2.05, 4.69) is 32.6 Å². The van der Waals surface area contributed by atoms with Crippen LogP contribution in [0.1, 0.15) is 33.0 Å². The molecular formula is C15H14N4OS2. The predicted molar refractivity (Wildman–Crippen MR) is 88.6 cm³/mol. The van der Waals surface area contributed by atoms with Crippen molar-refractivity contribution in [1.29, 1.82) is 0 Å². The van der Waals surface area contributed by atoms with Gasteiger partial charge in [0.2, 0.25) is 5.13 Å². The number of hydrogen-bond acceptors (Lipinski definition) is 6. The van der Waals surface area contributed by atoms with Crippen molar-refractivity contribution in [3.05, 3.63) is 57.0 Å². The van der Waals surface area contributed by atoms with Crippen LogP contribution in [0.2, 0.25) is 0 Å². The lowest BCUT2D eigenvalue weighted by molar-refractivity contribution is 0.102. The second-order valence-corrected chi connectivity index (χ2v) is 6.60. The van der Waals surface area contributed by atoms with E-state index in [4.69, 9.17) is 0 Å². The molecule has 0 aliphatic rings. The Hall–Kier alpha value is -2.12. The molecule has 0 unspecified atom stereocenters. The lowest BCUT2D eigenvalue weighted by Gasteiger charge is -1.97. The van der Waals surface area contributed by atoms with E-state index >= 15 is 0 Å². The van der Waals surface area contributed by atoms with Crippen LogP contribution in [0, 0.1) is 0 Å². The summed E-state index contributed by atoms with van der Waals surface area (Å²) in [5, 5.41) is 14.8. The van der Waals surface area contributed by atoms with Crippen molar-refractivity contribution >= 4 is 33.7 Å². The molecule has 0 bridgehead atoms. The van der Waals surface area contributed by atoms with Crippen LogP contribution in [0.25, 0.3) is 0 Å². The highest BCUT2D eigenvalue weighted by Crippen LogP contribution is 2.18. The molecule has 2 heterocycles. The van der Waals surface area contributed by atoms with E-state index in [0.29, 0.717) is 10.8 Å². The summed E-state index contributed by atoms with van der Waals surface area (Å²) < 4.78 is 0. The highest BCUT2D eigenvalue weighted by Gasteiger charge is 2.13. The lowest BCUT2D eigenvalue weighted by Crippen LogP contribution is -2.12. The molecule has 1 amide bonds. The monoisotopic (exact) mass is 330 g/mol. The Bertz CT molecular complexity index is 767. The second kappa shape index (κ2) is 6.76. The van der Waals surface area contributed by atoms with Gasteiger partial charge < -0.3 is 0 Å². The smallest absolute Gasteiger partial charge is 0.276 e. The number of nitrogens with zero attached hydrogens (tertiary/aromatic N) is 3. The maximum absolute atomic E-state index is 12.1. The normalized spacial score (nSPS) is 10.6. The van der Waals surface area contributed by atoms with Gasteiger partial charge in [-0.25, -0.2) is 4.98 Å². The molecule has 3 rings (SSSR count). The van der Waals surface area contributed by atoms with Crippen LogP contribution >= 0.6 is 22.7 Å². The summed E-state index contributed by atoms with van der Waals surface area (Å²) >= 11 is 2.88. The zero-order chi connectivity index (χ0) is 15.4. The first-order valence-corrected chi connectivity index (χ1v) is 8.56. The van der Waals surface area contributed by atoms with Gasteiger partial charge in [0, 0.05) is 11.8 Å². The van der Waals surface area contributed by atoms with Gasteiger partial charge in [-0.1, -0.05) is 48.6 Å². The van der Waals surface area contributed by atoms with Gasteiger partial charge in [-0.2, -0.15) is 0 Å². The minimum atomic E-state index is -0.241. The van der Waals surface area contributed by atoms with Gasteiger partial charge in [0.25, 0.3) is 5.91 Å². The zero-order valence-electron chi connectivity index (χ0n) is 11.9. The summed E-state index contributed by atoms with van der Waals surface area (Å²) in [4.78, 5) is 16.5. The molecule has 0 aliphatic carbocycles. The van der Waals surface area contributed by atoms with E-state index in [-0.39, 0.29) is 5.91 Å². The molecule has 22 heavy (non-hydrogen) atoms. The maximum atomic E-state index is 12.1. The maximum Gasteiger partial charge on any atom is 0.276 e. The quantitative estimate of drug-likeness (QED) is 0.778. The van der Waals surface area contributed by atoms with E-state index in [1.54, 1.807) is 5.38 Å². The fourth-order valence-corrected chi connectivity index (χ4v) is 3.36. The third-order valence-corrected chi connectivity index (χ3v) is 4.80. The second-order valence-electron chi connectivity index (χ2n) is 4.60. The summed E-state index contributed by atoms with van der Waals surface area (Å²) in [6.45, 7) is 2.00. The molecule has 112 valence electrons. The third-order valence-electron chi connectivity index (χ3n) is 2.97. The van der Waals surface area contributed by atoms with Gasteiger partial charge in [-0.3, -0.25) is 10.1 Å². The molecule has 0 fully saturated rings. The van der Waals surface area contributed by atoms with Gasteiger partial charge in [0.15, 0.2) is 0 Å². The standard InChI is InChI=1S/C15H14N4OS2/c1-2-12-18-19-15(22-12)17-14(20)11-9-21-13(16-11)8-10-6-4-3-5-7-10/h3-7,9H,2,8H2,1H3,(H,17,19,20). The molecule has 7 heteroatoms. The average molecular weight is 330 g/mol. The first-order chi connectivity index (χ1) is 10.7. The van der Waals surface area contributed by atoms with Crippen molar-refractivity contribution in [2.45, 2.75) is 19.8 Å². The van der Waals surface area contributed by atoms with E-state index in [9.17, 15) is 4.79 Å². The van der Waals surface area contributed by atoms with E-state index in [1.807, 2.05) is 25.1 Å². The number of rotatable bonds is 5. The van der Waals surface area contributed by atoms with Crippen molar-refractivity contribution in [3.8, 4) is 0 Å². The number of anilines is 1. The van der Waals surface area contributed by atoms with Gasteiger partial charge in [-0.15, -0.1) is 21.5 Å². The molecule has 0 saturated carbocycles. The number of nitrogens with one attached hydrogen (secondary N) is 1. The molecule has 1 N–H and O–H groups in total. The van der Waals surface area contributed by atoms with Gasteiger partial charge in [-0.05, 0) is 12.0 Å². The van der Waals surface area contributed by atoms with Gasteiger partial charge >= 0.3 is 0 Å². The predicted octanol–water partition coefficient (Wildman–Crippen LogP) is 3.40. The number of carbonyl (C=O) groups excluding carboxylic acids is 1. The van der Waals surface area contributed by atoms with Crippen LogP contribution in [0.3, 0.4) is 0 Å². The van der Waals surface area contributed by atoms with Crippen LogP contribution in [-0.4, -0.2) is 21.1 Å². The number of thiazole rings is 1. The Labute approximate surface area is 136 Å². The largest absolute Gasteiger partial charge is 0.295 e. The van der Waals surface area contributed by atoms with Crippen molar-refractivity contribution in [1.82, 2.24) is 15.2 Å². The molecule has 3 aromatic rings. The zero-order valence-corrected chi connectivity index (χ0v) is 13.6. The Balaban J connectivity index is 1.66. The number of amides is 1. The Morgan fingerprint density at radius 3 is 2.73 bits per heavy atom.